The van der Waals surface area contributed by atoms with Crippen molar-refractivity contribution >= 4 is 96.9 Å². The number of ether oxygens (including phenoxy) is 2. The molecule has 0 aliphatic rings. The minimum atomic E-state index is -0.503. The summed E-state index contributed by atoms with van der Waals surface area (Å²) in [5.74, 6) is -0.231. The van der Waals surface area contributed by atoms with Crippen LogP contribution in [0.4, 0.5) is 0 Å². The summed E-state index contributed by atoms with van der Waals surface area (Å²) in [7, 11) is 0. The number of hydrogen-bond acceptors (Lipinski definition) is 3. The summed E-state index contributed by atoms with van der Waals surface area (Å²) in [4.78, 5) is 11.5. The molecule has 0 aliphatic heterocycles. The second-order valence-electron chi connectivity index (χ2n) is 3.21. The molecule has 0 amide bonds. The van der Waals surface area contributed by atoms with Gasteiger partial charge in [-0.15, -0.1) is 0 Å². The Morgan fingerprint density at radius 3 is 2.42 bits per heavy atom. The van der Waals surface area contributed by atoms with Crippen molar-refractivity contribution in [2.45, 2.75) is 0 Å². The average molecular weight is 639 g/mol. The van der Waals surface area contributed by atoms with E-state index in [0.29, 0.717) is 11.6 Å². The predicted molar refractivity (Wildman–Crippen MR) is 102 cm³/mol. The van der Waals surface area contributed by atoms with Gasteiger partial charge in [0.25, 0.3) is 0 Å². The van der Waals surface area contributed by atoms with Crippen molar-refractivity contribution in [2.24, 2.45) is 0 Å². The Morgan fingerprint density at radius 2 is 1.84 bits per heavy atom. The zero-order valence-corrected chi connectivity index (χ0v) is 17.2. The topological polar surface area (TPSA) is 35.5 Å². The lowest BCUT2D eigenvalue weighted by molar-refractivity contribution is -0.139. The molecule has 0 unspecified atom stereocenters. The lowest BCUT2D eigenvalue weighted by Gasteiger charge is -2.07. The number of benzene rings is 1. The van der Waals surface area contributed by atoms with E-state index in [0.717, 1.165) is 5.17 Å². The smallest absolute Gasteiger partial charge is 0.337 e. The molecule has 0 atom stereocenters. The molecule has 19 heavy (non-hydrogen) atoms. The van der Waals surface area contributed by atoms with E-state index in [1.165, 1.54) is 6.07 Å². The van der Waals surface area contributed by atoms with E-state index in [4.69, 9.17) is 32.7 Å². The molecule has 0 radical (unpaired) electrons. The van der Waals surface area contributed by atoms with Gasteiger partial charge < -0.3 is 9.47 Å². The first-order valence-electron chi connectivity index (χ1n) is 4.83. The van der Waals surface area contributed by atoms with Crippen LogP contribution in [-0.2, 0) is 9.53 Å². The van der Waals surface area contributed by atoms with Gasteiger partial charge in [-0.1, -0.05) is 23.2 Å². The van der Waals surface area contributed by atoms with Gasteiger partial charge >= 0.3 is 5.97 Å². The molecular weight excluding hydrogens is 632 g/mol. The molecule has 0 bridgehead atoms. The second-order valence-corrected chi connectivity index (χ2v) is 9.57. The Hall–Kier alpha value is 1.16. The summed E-state index contributed by atoms with van der Waals surface area (Å²) in [6.45, 7) is 0.247. The number of rotatable bonds is 5. The van der Waals surface area contributed by atoms with E-state index in [9.17, 15) is 4.79 Å². The highest BCUT2D eigenvalue weighted by molar-refractivity contribution is 14.2. The van der Waals surface area contributed by atoms with E-state index < -0.39 is 5.97 Å². The standard InChI is InChI=1S/C11H7Cl2I3O3/c12-6-1-2-9(7(13)3-6)19-10(17)5-18-4-8(14)11(15)16/h1-3H,4-5H2. The van der Waals surface area contributed by atoms with Gasteiger partial charge in [0.2, 0.25) is 0 Å². The minimum absolute atomic E-state index is 0.133. The highest BCUT2D eigenvalue weighted by atomic mass is 127. The van der Waals surface area contributed by atoms with Crippen LogP contribution in [0.5, 0.6) is 5.75 Å². The third-order valence-electron chi connectivity index (χ3n) is 1.77. The van der Waals surface area contributed by atoms with Crippen LogP contribution in [0.2, 0.25) is 10.0 Å². The molecular formula is C11H7Cl2I3O3. The predicted octanol–water partition coefficient (Wildman–Crippen LogP) is 5.39. The second kappa shape index (κ2) is 9.23. The quantitative estimate of drug-likeness (QED) is 0.247. The van der Waals surface area contributed by atoms with E-state index >= 15 is 0 Å². The molecule has 0 fully saturated rings. The van der Waals surface area contributed by atoms with Gasteiger partial charge in [-0.3, -0.25) is 0 Å². The Morgan fingerprint density at radius 1 is 1.16 bits per heavy atom. The van der Waals surface area contributed by atoms with Crippen LogP contribution in [0, 0.1) is 0 Å². The van der Waals surface area contributed by atoms with Crippen molar-refractivity contribution in [3.05, 3.63) is 33.4 Å². The molecule has 0 heterocycles. The Bertz CT molecular complexity index is 502. The SMILES string of the molecule is O=C(COCC(I)=C(I)I)Oc1ccc(Cl)cc1Cl. The monoisotopic (exact) mass is 638 g/mol. The van der Waals surface area contributed by atoms with Crippen molar-refractivity contribution < 1.29 is 14.3 Å². The van der Waals surface area contributed by atoms with Crippen LogP contribution in [0.3, 0.4) is 0 Å². The number of carbonyl (C=O) groups excluding carboxylic acids is 1. The highest BCUT2D eigenvalue weighted by Gasteiger charge is 2.09. The molecule has 8 heteroatoms. The van der Waals surface area contributed by atoms with Crippen molar-refractivity contribution in [3.63, 3.8) is 0 Å². The van der Waals surface area contributed by atoms with Crippen LogP contribution < -0.4 is 4.74 Å². The third-order valence-corrected chi connectivity index (χ3v) is 6.52. The van der Waals surface area contributed by atoms with Crippen LogP contribution in [-0.4, -0.2) is 19.2 Å². The molecule has 0 N–H and O–H groups in total. The maximum atomic E-state index is 11.5. The molecule has 1 rings (SSSR count). The first kappa shape index (κ1) is 18.2. The normalized spacial score (nSPS) is 10.2. The van der Waals surface area contributed by atoms with Crippen molar-refractivity contribution in [3.8, 4) is 5.75 Å². The zero-order valence-electron chi connectivity index (χ0n) is 9.26. The Kier molecular flexibility index (Phi) is 8.85. The summed E-state index contributed by atoms with van der Waals surface area (Å²) in [5, 5.41) is 0.773. The van der Waals surface area contributed by atoms with Crippen molar-refractivity contribution in [1.82, 2.24) is 0 Å². The lowest BCUT2D eigenvalue weighted by atomic mass is 10.3. The van der Waals surface area contributed by atoms with Gasteiger partial charge in [-0.25, -0.2) is 4.79 Å². The van der Waals surface area contributed by atoms with Crippen LogP contribution in [0.1, 0.15) is 0 Å². The fourth-order valence-corrected chi connectivity index (χ4v) is 1.97. The van der Waals surface area contributed by atoms with E-state index in [-0.39, 0.29) is 17.4 Å². The molecule has 104 valence electrons. The molecule has 0 saturated carbocycles. The number of carbonyl (C=O) groups is 1. The molecule has 3 nitrogen and oxygen atoms in total. The fourth-order valence-electron chi connectivity index (χ4n) is 0.989. The van der Waals surface area contributed by atoms with Gasteiger partial charge in [-0.2, -0.15) is 0 Å². The largest absolute Gasteiger partial charge is 0.423 e. The number of hydrogen-bond donors (Lipinski definition) is 0. The maximum Gasteiger partial charge on any atom is 0.337 e. The molecule has 0 spiro atoms. The summed E-state index contributed by atoms with van der Waals surface area (Å²) in [5.41, 5.74) is 0. The number of halogens is 5. The Balaban J connectivity index is 2.46. The van der Waals surface area contributed by atoms with Gasteiger partial charge in [0.05, 0.1) is 13.2 Å². The van der Waals surface area contributed by atoms with Crippen LogP contribution in [0.25, 0.3) is 0 Å². The van der Waals surface area contributed by atoms with Crippen LogP contribution >= 0.6 is 91.0 Å². The molecule has 1 aromatic carbocycles. The zero-order chi connectivity index (χ0) is 14.4. The highest BCUT2D eigenvalue weighted by Crippen LogP contribution is 2.28. The molecule has 0 saturated heterocycles. The fraction of sp³-hybridized carbons (Fsp3) is 0.182. The molecule has 1 aromatic rings. The van der Waals surface area contributed by atoms with E-state index in [1.54, 1.807) is 12.1 Å². The van der Waals surface area contributed by atoms with Crippen molar-refractivity contribution in [1.29, 1.82) is 0 Å². The minimum Gasteiger partial charge on any atom is -0.423 e. The van der Waals surface area contributed by atoms with Gasteiger partial charge in [-0.05, 0) is 86.0 Å². The molecule has 0 aliphatic carbocycles. The maximum absolute atomic E-state index is 11.5. The Labute approximate surface area is 161 Å². The van der Waals surface area contributed by atoms with Crippen molar-refractivity contribution in [2.75, 3.05) is 13.2 Å². The lowest BCUT2D eigenvalue weighted by Crippen LogP contribution is -2.16. The van der Waals surface area contributed by atoms with Gasteiger partial charge in [0, 0.05) is 8.60 Å². The van der Waals surface area contributed by atoms with Crippen LogP contribution in [0.15, 0.2) is 23.4 Å². The summed E-state index contributed by atoms with van der Waals surface area (Å²) in [6.07, 6.45) is 0. The third kappa shape index (κ3) is 7.11. The average Bonchev–Trinajstić information content (AvgIpc) is 2.32. The first-order chi connectivity index (χ1) is 8.90. The van der Waals surface area contributed by atoms with Gasteiger partial charge in [0.1, 0.15) is 12.4 Å². The summed E-state index contributed by atoms with van der Waals surface area (Å²) >= 11 is 18.2. The summed E-state index contributed by atoms with van der Waals surface area (Å²) in [6, 6.07) is 4.65. The molecule has 0 aromatic heterocycles. The number of esters is 1. The van der Waals surface area contributed by atoms with Gasteiger partial charge in [0.15, 0.2) is 0 Å². The summed E-state index contributed by atoms with van der Waals surface area (Å²) < 4.78 is 12.4. The van der Waals surface area contributed by atoms with E-state index in [2.05, 4.69) is 67.8 Å². The first-order valence-corrected chi connectivity index (χ1v) is 8.82. The van der Waals surface area contributed by atoms with E-state index in [1.807, 2.05) is 0 Å².